The summed E-state index contributed by atoms with van der Waals surface area (Å²) >= 11 is 0. The van der Waals surface area contributed by atoms with Crippen molar-refractivity contribution in [3.8, 4) is 0 Å². The highest BCUT2D eigenvalue weighted by Gasteiger charge is 2.25. The van der Waals surface area contributed by atoms with Crippen molar-refractivity contribution in [3.05, 3.63) is 59.8 Å². The maximum absolute atomic E-state index is 12.8. The quantitative estimate of drug-likeness (QED) is 0.800. The van der Waals surface area contributed by atoms with Crippen LogP contribution in [0.2, 0.25) is 0 Å². The summed E-state index contributed by atoms with van der Waals surface area (Å²) in [7, 11) is 0. The number of amides is 2. The first kappa shape index (κ1) is 18.1. The predicted octanol–water partition coefficient (Wildman–Crippen LogP) is 1.88. The molecule has 2 heterocycles. The van der Waals surface area contributed by atoms with Gasteiger partial charge in [-0.3, -0.25) is 9.59 Å². The lowest BCUT2D eigenvalue weighted by Gasteiger charge is -2.34. The van der Waals surface area contributed by atoms with Crippen molar-refractivity contribution in [1.29, 1.82) is 0 Å². The molecule has 0 spiro atoms. The van der Waals surface area contributed by atoms with Crippen LogP contribution in [0.25, 0.3) is 0 Å². The van der Waals surface area contributed by atoms with Crippen molar-refractivity contribution < 1.29 is 18.4 Å². The lowest BCUT2D eigenvalue weighted by molar-refractivity contribution is -0.132. The fourth-order valence-electron chi connectivity index (χ4n) is 2.90. The smallest absolute Gasteiger partial charge is 0.289 e. The number of rotatable bonds is 6. The summed E-state index contributed by atoms with van der Waals surface area (Å²) in [6.07, 6.45) is 1.87. The topological polar surface area (TPSA) is 65.8 Å². The Morgan fingerprint density at radius 1 is 1.04 bits per heavy atom. The van der Waals surface area contributed by atoms with Crippen molar-refractivity contribution in [2.24, 2.45) is 0 Å². The summed E-state index contributed by atoms with van der Waals surface area (Å²) in [5.74, 6) is 0.00753. The number of carbonyl (C=O) groups excluding carboxylic acids is 2. The zero-order valence-electron chi connectivity index (χ0n) is 14.5. The number of benzene rings is 1. The zero-order valence-corrected chi connectivity index (χ0v) is 14.5. The second-order valence-corrected chi connectivity index (χ2v) is 6.20. The van der Waals surface area contributed by atoms with Gasteiger partial charge in [-0.15, -0.1) is 0 Å². The van der Waals surface area contributed by atoms with Crippen LogP contribution in [0.15, 0.2) is 47.1 Å². The van der Waals surface area contributed by atoms with E-state index >= 15 is 0 Å². The van der Waals surface area contributed by atoms with Gasteiger partial charge in [0.2, 0.25) is 5.91 Å². The molecule has 1 aromatic heterocycles. The standard InChI is InChI=1S/C19H22FN3O3/c20-16-5-3-15(4-6-16)14-21-8-7-18(24)22-9-11-23(12-10-22)19(25)17-2-1-13-26-17/h1-6,13,21H,7-12,14H2. The molecule has 1 saturated heterocycles. The molecule has 138 valence electrons. The Morgan fingerprint density at radius 3 is 2.38 bits per heavy atom. The Bertz CT molecular complexity index is 723. The first-order chi connectivity index (χ1) is 12.6. The molecule has 1 N–H and O–H groups in total. The molecular weight excluding hydrogens is 337 g/mol. The van der Waals surface area contributed by atoms with Crippen LogP contribution in [0.3, 0.4) is 0 Å². The summed E-state index contributed by atoms with van der Waals surface area (Å²) < 4.78 is 18.0. The molecule has 1 aromatic carbocycles. The van der Waals surface area contributed by atoms with Crippen LogP contribution in [-0.2, 0) is 11.3 Å². The van der Waals surface area contributed by atoms with Crippen LogP contribution in [0.1, 0.15) is 22.5 Å². The van der Waals surface area contributed by atoms with E-state index in [1.165, 1.54) is 18.4 Å². The number of halogens is 1. The highest BCUT2D eigenvalue weighted by atomic mass is 19.1. The van der Waals surface area contributed by atoms with Gasteiger partial charge in [0.1, 0.15) is 5.82 Å². The summed E-state index contributed by atoms with van der Waals surface area (Å²) in [6, 6.07) is 9.62. The number of carbonyl (C=O) groups is 2. The Balaban J connectivity index is 1.36. The van der Waals surface area contributed by atoms with Crippen LogP contribution in [0.4, 0.5) is 4.39 Å². The summed E-state index contributed by atoms with van der Waals surface area (Å²) in [5.41, 5.74) is 0.976. The number of piperazine rings is 1. The van der Waals surface area contributed by atoms with Crippen LogP contribution < -0.4 is 5.32 Å². The van der Waals surface area contributed by atoms with E-state index in [-0.39, 0.29) is 17.6 Å². The predicted molar refractivity (Wildman–Crippen MR) is 93.9 cm³/mol. The van der Waals surface area contributed by atoms with E-state index in [0.717, 1.165) is 5.56 Å². The van der Waals surface area contributed by atoms with Gasteiger partial charge < -0.3 is 19.5 Å². The Hall–Kier alpha value is -2.67. The maximum Gasteiger partial charge on any atom is 0.289 e. The van der Waals surface area contributed by atoms with Crippen LogP contribution in [0.5, 0.6) is 0 Å². The Labute approximate surface area is 151 Å². The molecule has 0 aliphatic carbocycles. The third-order valence-electron chi connectivity index (χ3n) is 4.41. The third-order valence-corrected chi connectivity index (χ3v) is 4.41. The lowest BCUT2D eigenvalue weighted by atomic mass is 10.2. The normalized spacial score (nSPS) is 14.5. The third kappa shape index (κ3) is 4.70. The van der Waals surface area contributed by atoms with Crippen LogP contribution in [0, 0.1) is 5.82 Å². The molecule has 2 aromatic rings. The van der Waals surface area contributed by atoms with E-state index in [4.69, 9.17) is 4.42 Å². The minimum Gasteiger partial charge on any atom is -0.459 e. The van der Waals surface area contributed by atoms with E-state index in [2.05, 4.69) is 5.32 Å². The van der Waals surface area contributed by atoms with Gasteiger partial charge in [0, 0.05) is 45.7 Å². The van der Waals surface area contributed by atoms with E-state index in [1.54, 1.807) is 34.1 Å². The number of nitrogens with one attached hydrogen (secondary N) is 1. The van der Waals surface area contributed by atoms with Gasteiger partial charge in [-0.1, -0.05) is 12.1 Å². The van der Waals surface area contributed by atoms with Gasteiger partial charge in [0.15, 0.2) is 5.76 Å². The second kappa shape index (κ2) is 8.62. The molecule has 1 aliphatic rings. The van der Waals surface area contributed by atoms with Crippen molar-refractivity contribution in [2.45, 2.75) is 13.0 Å². The zero-order chi connectivity index (χ0) is 18.4. The van der Waals surface area contributed by atoms with Crippen molar-refractivity contribution in [3.63, 3.8) is 0 Å². The number of hydrogen-bond acceptors (Lipinski definition) is 4. The molecular formula is C19H22FN3O3. The highest BCUT2D eigenvalue weighted by molar-refractivity contribution is 5.91. The van der Waals surface area contributed by atoms with E-state index < -0.39 is 0 Å². The SMILES string of the molecule is O=C(CCNCc1ccc(F)cc1)N1CCN(C(=O)c2ccco2)CC1. The van der Waals surface area contributed by atoms with Gasteiger partial charge >= 0.3 is 0 Å². The van der Waals surface area contributed by atoms with Crippen LogP contribution >= 0.6 is 0 Å². The van der Waals surface area contributed by atoms with E-state index in [0.29, 0.717) is 51.4 Å². The number of nitrogens with zero attached hydrogens (tertiary/aromatic N) is 2. The molecule has 26 heavy (non-hydrogen) atoms. The van der Waals surface area contributed by atoms with Crippen molar-refractivity contribution >= 4 is 11.8 Å². The molecule has 2 amide bonds. The van der Waals surface area contributed by atoms with E-state index in [9.17, 15) is 14.0 Å². The largest absolute Gasteiger partial charge is 0.459 e. The van der Waals surface area contributed by atoms with E-state index in [1.807, 2.05) is 0 Å². The molecule has 1 aliphatic heterocycles. The number of hydrogen-bond donors (Lipinski definition) is 1. The lowest BCUT2D eigenvalue weighted by Crippen LogP contribution is -2.50. The number of furan rings is 1. The fourth-order valence-corrected chi connectivity index (χ4v) is 2.90. The minimum atomic E-state index is -0.256. The molecule has 0 unspecified atom stereocenters. The second-order valence-electron chi connectivity index (χ2n) is 6.20. The Kier molecular flexibility index (Phi) is 6.01. The summed E-state index contributed by atoms with van der Waals surface area (Å²) in [6.45, 7) is 3.23. The minimum absolute atomic E-state index is 0.0710. The monoisotopic (exact) mass is 359 g/mol. The molecule has 0 radical (unpaired) electrons. The molecule has 0 saturated carbocycles. The average Bonchev–Trinajstić information content (AvgIpc) is 3.21. The summed E-state index contributed by atoms with van der Waals surface area (Å²) in [5, 5.41) is 3.19. The summed E-state index contributed by atoms with van der Waals surface area (Å²) in [4.78, 5) is 28.0. The molecule has 0 atom stereocenters. The van der Waals surface area contributed by atoms with Gasteiger partial charge in [-0.05, 0) is 29.8 Å². The van der Waals surface area contributed by atoms with Gasteiger partial charge in [0.05, 0.1) is 6.26 Å². The maximum atomic E-state index is 12.8. The highest BCUT2D eigenvalue weighted by Crippen LogP contribution is 2.10. The molecule has 1 fully saturated rings. The van der Waals surface area contributed by atoms with Gasteiger partial charge in [-0.2, -0.15) is 0 Å². The fraction of sp³-hybridized carbons (Fsp3) is 0.368. The molecule has 6 nitrogen and oxygen atoms in total. The molecule has 0 bridgehead atoms. The van der Waals surface area contributed by atoms with Crippen molar-refractivity contribution in [2.75, 3.05) is 32.7 Å². The molecule has 7 heteroatoms. The first-order valence-electron chi connectivity index (χ1n) is 8.69. The molecule has 3 rings (SSSR count). The van der Waals surface area contributed by atoms with Crippen LogP contribution in [-0.4, -0.2) is 54.3 Å². The van der Waals surface area contributed by atoms with Gasteiger partial charge in [0.25, 0.3) is 5.91 Å². The Morgan fingerprint density at radius 2 is 1.73 bits per heavy atom. The van der Waals surface area contributed by atoms with Gasteiger partial charge in [-0.25, -0.2) is 4.39 Å². The first-order valence-corrected chi connectivity index (χ1v) is 8.69. The average molecular weight is 359 g/mol. The van der Waals surface area contributed by atoms with Crippen molar-refractivity contribution in [1.82, 2.24) is 15.1 Å².